The number of anilines is 1. The number of carboxylic acids is 1. The van der Waals surface area contributed by atoms with E-state index in [1.807, 2.05) is 6.07 Å². The van der Waals surface area contributed by atoms with Gasteiger partial charge in [-0.15, -0.1) is 0 Å². The highest BCUT2D eigenvalue weighted by molar-refractivity contribution is 5.93. The fraction of sp³-hybridized carbons (Fsp3) is 0.214. The van der Waals surface area contributed by atoms with E-state index in [-0.39, 0.29) is 19.0 Å². The summed E-state index contributed by atoms with van der Waals surface area (Å²) in [7, 11) is 0. The maximum atomic E-state index is 12.1. The van der Waals surface area contributed by atoms with Gasteiger partial charge in [0.25, 0.3) is 5.91 Å². The highest BCUT2D eigenvalue weighted by Gasteiger charge is 2.27. The van der Waals surface area contributed by atoms with Crippen LogP contribution in [-0.2, 0) is 16.1 Å². The van der Waals surface area contributed by atoms with E-state index in [0.29, 0.717) is 11.5 Å². The van der Waals surface area contributed by atoms with Crippen molar-refractivity contribution >= 4 is 17.7 Å². The van der Waals surface area contributed by atoms with E-state index in [0.717, 1.165) is 0 Å². The van der Waals surface area contributed by atoms with Crippen molar-refractivity contribution in [2.45, 2.75) is 12.6 Å². The predicted octanol–water partition coefficient (Wildman–Crippen LogP) is 0.746. The van der Waals surface area contributed by atoms with Crippen molar-refractivity contribution < 1.29 is 24.2 Å². The Kier molecular flexibility index (Phi) is 3.65. The van der Waals surface area contributed by atoms with Crippen LogP contribution >= 0.6 is 0 Å². The van der Waals surface area contributed by atoms with Crippen LogP contribution in [0, 0.1) is 0 Å². The number of nitrogens with zero attached hydrogens (tertiary/aromatic N) is 2. The number of nitrogens with one attached hydrogen (secondary N) is 1. The molecule has 2 aromatic rings. The van der Waals surface area contributed by atoms with Crippen LogP contribution in [0.1, 0.15) is 0 Å². The monoisotopic (exact) mass is 303 g/mol. The second kappa shape index (κ2) is 5.76. The van der Waals surface area contributed by atoms with Crippen LogP contribution in [0.25, 0.3) is 0 Å². The summed E-state index contributed by atoms with van der Waals surface area (Å²) in [5.74, 6) is -0.0621. The number of benzene rings is 1. The predicted molar refractivity (Wildman–Crippen MR) is 74.8 cm³/mol. The summed E-state index contributed by atoms with van der Waals surface area (Å²) in [5, 5.41) is 15.2. The van der Waals surface area contributed by atoms with Gasteiger partial charge in [0.2, 0.25) is 6.10 Å². The van der Waals surface area contributed by atoms with E-state index < -0.39 is 18.0 Å². The molecule has 0 aliphatic carbocycles. The van der Waals surface area contributed by atoms with Crippen molar-refractivity contribution in [2.75, 3.05) is 11.9 Å². The topological polar surface area (TPSA) is 103 Å². The van der Waals surface area contributed by atoms with Crippen molar-refractivity contribution in [1.82, 2.24) is 9.78 Å². The van der Waals surface area contributed by atoms with Gasteiger partial charge in [-0.1, -0.05) is 12.1 Å². The third-order valence-corrected chi connectivity index (χ3v) is 2.99. The van der Waals surface area contributed by atoms with Crippen LogP contribution in [0.3, 0.4) is 0 Å². The molecule has 1 aliphatic heterocycles. The third-order valence-electron chi connectivity index (χ3n) is 2.99. The average molecular weight is 303 g/mol. The molecule has 1 atom stereocenters. The van der Waals surface area contributed by atoms with Gasteiger partial charge < -0.3 is 19.9 Å². The lowest BCUT2D eigenvalue weighted by atomic mass is 10.2. The quantitative estimate of drug-likeness (QED) is 0.864. The van der Waals surface area contributed by atoms with Gasteiger partial charge >= 0.3 is 5.97 Å². The van der Waals surface area contributed by atoms with Gasteiger partial charge in [0.05, 0.1) is 0 Å². The second-order valence-corrected chi connectivity index (χ2v) is 4.65. The zero-order chi connectivity index (χ0) is 15.5. The van der Waals surface area contributed by atoms with Crippen LogP contribution < -0.4 is 14.8 Å². The molecule has 2 heterocycles. The zero-order valence-electron chi connectivity index (χ0n) is 11.4. The molecule has 3 rings (SSSR count). The fourth-order valence-electron chi connectivity index (χ4n) is 2.01. The molecule has 0 radical (unpaired) electrons. The standard InChI is InChI=1S/C14H13N3O5/c18-13(19)7-17-6-5-12(16-17)15-14(20)11-8-21-9-3-1-2-4-10(9)22-11/h1-6,11H,7-8H2,(H,18,19)(H,15,16,20)/t11-/m1/s1. The number of ether oxygens (including phenoxy) is 2. The Balaban J connectivity index is 1.63. The number of amides is 1. The summed E-state index contributed by atoms with van der Waals surface area (Å²) in [6.07, 6.45) is 0.677. The molecule has 1 aromatic carbocycles. The van der Waals surface area contributed by atoms with Crippen LogP contribution in [0.2, 0.25) is 0 Å². The van der Waals surface area contributed by atoms with Crippen LogP contribution in [0.5, 0.6) is 11.5 Å². The maximum absolute atomic E-state index is 12.1. The molecule has 0 fully saturated rings. The minimum atomic E-state index is -1.01. The number of hydrogen-bond donors (Lipinski definition) is 2. The van der Waals surface area contributed by atoms with Gasteiger partial charge in [0, 0.05) is 12.3 Å². The van der Waals surface area contributed by atoms with Gasteiger partial charge in [0.1, 0.15) is 13.2 Å². The highest BCUT2D eigenvalue weighted by atomic mass is 16.6. The van der Waals surface area contributed by atoms with Crippen LogP contribution in [0.4, 0.5) is 5.82 Å². The zero-order valence-corrected chi connectivity index (χ0v) is 11.4. The van der Waals surface area contributed by atoms with Crippen molar-refractivity contribution in [1.29, 1.82) is 0 Å². The van der Waals surface area contributed by atoms with Gasteiger partial charge in [-0.05, 0) is 12.1 Å². The van der Waals surface area contributed by atoms with E-state index in [4.69, 9.17) is 14.6 Å². The number of para-hydroxylation sites is 2. The molecule has 0 spiro atoms. The van der Waals surface area contributed by atoms with Crippen molar-refractivity contribution in [3.8, 4) is 11.5 Å². The van der Waals surface area contributed by atoms with Gasteiger partial charge in [0.15, 0.2) is 17.3 Å². The Bertz CT molecular complexity index is 712. The van der Waals surface area contributed by atoms with E-state index in [1.165, 1.54) is 16.9 Å². The molecule has 0 saturated carbocycles. The molecule has 8 heteroatoms. The Morgan fingerprint density at radius 2 is 2.09 bits per heavy atom. The summed E-state index contributed by atoms with van der Waals surface area (Å²) >= 11 is 0. The number of carbonyl (C=O) groups is 2. The van der Waals surface area contributed by atoms with E-state index in [9.17, 15) is 9.59 Å². The molecule has 1 aromatic heterocycles. The van der Waals surface area contributed by atoms with Crippen molar-refractivity contribution in [3.05, 3.63) is 36.5 Å². The average Bonchev–Trinajstić information content (AvgIpc) is 2.93. The number of carbonyl (C=O) groups excluding carboxylic acids is 1. The van der Waals surface area contributed by atoms with E-state index in [1.54, 1.807) is 18.2 Å². The number of carboxylic acid groups (broad SMARTS) is 1. The van der Waals surface area contributed by atoms with Gasteiger partial charge in [-0.3, -0.25) is 14.3 Å². The third kappa shape index (κ3) is 3.00. The first-order valence-electron chi connectivity index (χ1n) is 6.56. The number of hydrogen-bond acceptors (Lipinski definition) is 5. The summed E-state index contributed by atoms with van der Waals surface area (Å²) in [6.45, 7) is -0.176. The minimum Gasteiger partial charge on any atom is -0.485 e. The van der Waals surface area contributed by atoms with E-state index in [2.05, 4.69) is 10.4 Å². The molecule has 1 amide bonds. The summed E-state index contributed by atoms with van der Waals surface area (Å²) in [6, 6.07) is 8.60. The summed E-state index contributed by atoms with van der Waals surface area (Å²) in [4.78, 5) is 22.7. The SMILES string of the molecule is O=C(O)Cn1ccc(NC(=O)[C@H]2COc3ccccc3O2)n1. The largest absolute Gasteiger partial charge is 0.485 e. The molecule has 8 nitrogen and oxygen atoms in total. The molecule has 0 bridgehead atoms. The first kappa shape index (κ1) is 13.9. The molecule has 1 aliphatic rings. The normalized spacial score (nSPS) is 16.1. The number of aliphatic carboxylic acids is 1. The molecule has 2 N–H and O–H groups in total. The smallest absolute Gasteiger partial charge is 0.325 e. The molecule has 114 valence electrons. The lowest BCUT2D eigenvalue weighted by Crippen LogP contribution is -2.40. The van der Waals surface area contributed by atoms with Crippen LogP contribution in [-0.4, -0.2) is 39.5 Å². The van der Waals surface area contributed by atoms with Crippen LogP contribution in [0.15, 0.2) is 36.5 Å². The lowest BCUT2D eigenvalue weighted by Gasteiger charge is -2.25. The fourth-order valence-corrected chi connectivity index (χ4v) is 2.01. The lowest BCUT2D eigenvalue weighted by molar-refractivity contribution is -0.137. The molecule has 22 heavy (non-hydrogen) atoms. The summed E-state index contributed by atoms with van der Waals surface area (Å²) in [5.41, 5.74) is 0. The number of rotatable bonds is 4. The molecule has 0 unspecified atom stereocenters. The van der Waals surface area contributed by atoms with E-state index >= 15 is 0 Å². The second-order valence-electron chi connectivity index (χ2n) is 4.65. The first-order chi connectivity index (χ1) is 10.6. The Hall–Kier alpha value is -3.03. The maximum Gasteiger partial charge on any atom is 0.325 e. The molecule has 0 saturated heterocycles. The Labute approximate surface area is 125 Å². The summed E-state index contributed by atoms with van der Waals surface area (Å²) < 4.78 is 12.2. The first-order valence-corrected chi connectivity index (χ1v) is 6.56. The number of fused-ring (bicyclic) bond motifs is 1. The van der Waals surface area contributed by atoms with Crippen molar-refractivity contribution in [3.63, 3.8) is 0 Å². The minimum absolute atomic E-state index is 0.0959. The Morgan fingerprint density at radius 3 is 2.86 bits per heavy atom. The number of aromatic nitrogens is 2. The highest BCUT2D eigenvalue weighted by Crippen LogP contribution is 2.31. The molecular weight excluding hydrogens is 290 g/mol. The van der Waals surface area contributed by atoms with Crippen molar-refractivity contribution in [2.24, 2.45) is 0 Å². The van der Waals surface area contributed by atoms with Gasteiger partial charge in [-0.25, -0.2) is 0 Å². The molecular formula is C14H13N3O5. The Morgan fingerprint density at radius 1 is 1.32 bits per heavy atom. The van der Waals surface area contributed by atoms with Gasteiger partial charge in [-0.2, -0.15) is 5.10 Å².